The fourth-order valence-electron chi connectivity index (χ4n) is 1.90. The normalized spacial score (nSPS) is 10.6. The number of aromatic carboxylic acids is 1. The monoisotopic (exact) mass is 215 g/mol. The Bertz CT molecular complexity index is 588. The maximum Gasteiger partial charge on any atom is 0.337 e. The summed E-state index contributed by atoms with van der Waals surface area (Å²) in [6, 6.07) is 7.57. The van der Waals surface area contributed by atoms with Gasteiger partial charge in [0.2, 0.25) is 0 Å². The molecule has 16 heavy (non-hydrogen) atoms. The quantitative estimate of drug-likeness (QED) is 0.719. The SMILES string of the molecule is Cc1ccc2c(C)c(N)c(C(=O)O)cc2c1. The van der Waals surface area contributed by atoms with Crippen LogP contribution in [-0.2, 0) is 0 Å². The average molecular weight is 215 g/mol. The van der Waals surface area contributed by atoms with Crippen LogP contribution in [0, 0.1) is 13.8 Å². The molecule has 0 amide bonds. The second kappa shape index (κ2) is 3.52. The highest BCUT2D eigenvalue weighted by Crippen LogP contribution is 2.28. The number of aryl methyl sites for hydroxylation is 2. The van der Waals surface area contributed by atoms with Crippen molar-refractivity contribution in [3.05, 3.63) is 41.0 Å². The summed E-state index contributed by atoms with van der Waals surface area (Å²) in [6.45, 7) is 3.82. The molecule has 3 heteroatoms. The summed E-state index contributed by atoms with van der Waals surface area (Å²) in [5.41, 5.74) is 8.27. The van der Waals surface area contributed by atoms with Gasteiger partial charge in [-0.25, -0.2) is 4.79 Å². The van der Waals surface area contributed by atoms with Crippen molar-refractivity contribution in [2.45, 2.75) is 13.8 Å². The van der Waals surface area contributed by atoms with Crippen LogP contribution >= 0.6 is 0 Å². The van der Waals surface area contributed by atoms with E-state index in [1.807, 2.05) is 32.0 Å². The number of anilines is 1. The Kier molecular flexibility index (Phi) is 2.31. The predicted octanol–water partition coefficient (Wildman–Crippen LogP) is 2.74. The highest BCUT2D eigenvalue weighted by Gasteiger charge is 2.12. The van der Waals surface area contributed by atoms with Gasteiger partial charge in [0, 0.05) is 5.69 Å². The first-order chi connectivity index (χ1) is 7.50. The molecule has 2 aromatic rings. The van der Waals surface area contributed by atoms with E-state index in [0.717, 1.165) is 21.9 Å². The lowest BCUT2D eigenvalue weighted by molar-refractivity contribution is 0.0698. The van der Waals surface area contributed by atoms with Gasteiger partial charge in [-0.15, -0.1) is 0 Å². The topological polar surface area (TPSA) is 63.3 Å². The summed E-state index contributed by atoms with van der Waals surface area (Å²) in [7, 11) is 0. The molecule has 2 aromatic carbocycles. The minimum absolute atomic E-state index is 0.176. The number of benzene rings is 2. The molecule has 0 aliphatic rings. The molecule has 0 aliphatic carbocycles. The van der Waals surface area contributed by atoms with Crippen LogP contribution in [0.4, 0.5) is 5.69 Å². The van der Waals surface area contributed by atoms with Gasteiger partial charge in [0.1, 0.15) is 0 Å². The molecule has 2 rings (SSSR count). The summed E-state index contributed by atoms with van der Waals surface area (Å²) in [5.74, 6) is -0.982. The van der Waals surface area contributed by atoms with E-state index in [1.165, 1.54) is 0 Å². The van der Waals surface area contributed by atoms with Gasteiger partial charge in [0.05, 0.1) is 5.56 Å². The first-order valence-electron chi connectivity index (χ1n) is 5.03. The van der Waals surface area contributed by atoms with E-state index in [9.17, 15) is 4.79 Å². The van der Waals surface area contributed by atoms with E-state index in [1.54, 1.807) is 6.07 Å². The first kappa shape index (κ1) is 10.5. The molecule has 0 fully saturated rings. The van der Waals surface area contributed by atoms with Crippen LogP contribution in [0.5, 0.6) is 0 Å². The third-order valence-electron chi connectivity index (χ3n) is 2.84. The van der Waals surface area contributed by atoms with Crippen LogP contribution in [0.1, 0.15) is 21.5 Å². The smallest absolute Gasteiger partial charge is 0.337 e. The Labute approximate surface area is 93.5 Å². The van der Waals surface area contributed by atoms with Gasteiger partial charge in [0.15, 0.2) is 0 Å². The molecule has 3 nitrogen and oxygen atoms in total. The number of hydrogen-bond donors (Lipinski definition) is 2. The van der Waals surface area contributed by atoms with E-state index >= 15 is 0 Å². The van der Waals surface area contributed by atoms with Crippen molar-refractivity contribution in [1.82, 2.24) is 0 Å². The molecule has 0 aliphatic heterocycles. The molecule has 0 saturated carbocycles. The number of nitrogens with two attached hydrogens (primary N) is 1. The number of nitrogen functional groups attached to an aromatic ring is 1. The number of rotatable bonds is 1. The molecular weight excluding hydrogens is 202 g/mol. The molecule has 0 heterocycles. The summed E-state index contributed by atoms with van der Waals surface area (Å²) in [4.78, 5) is 11.0. The third kappa shape index (κ3) is 1.50. The van der Waals surface area contributed by atoms with Crippen molar-refractivity contribution >= 4 is 22.4 Å². The predicted molar refractivity (Wildman–Crippen MR) is 64.8 cm³/mol. The summed E-state index contributed by atoms with van der Waals surface area (Å²) in [5, 5.41) is 11.0. The van der Waals surface area contributed by atoms with Gasteiger partial charge in [-0.2, -0.15) is 0 Å². The lowest BCUT2D eigenvalue weighted by Crippen LogP contribution is -2.04. The number of fused-ring (bicyclic) bond motifs is 1. The maximum atomic E-state index is 11.0. The lowest BCUT2D eigenvalue weighted by Gasteiger charge is -2.09. The summed E-state index contributed by atoms with van der Waals surface area (Å²) >= 11 is 0. The molecule has 0 radical (unpaired) electrons. The van der Waals surface area contributed by atoms with Gasteiger partial charge in [-0.1, -0.05) is 23.8 Å². The second-order valence-electron chi connectivity index (χ2n) is 3.99. The van der Waals surface area contributed by atoms with Crippen LogP contribution in [0.2, 0.25) is 0 Å². The second-order valence-corrected chi connectivity index (χ2v) is 3.99. The zero-order valence-electron chi connectivity index (χ0n) is 9.24. The molecular formula is C13H13NO2. The Morgan fingerprint density at radius 2 is 1.94 bits per heavy atom. The number of carbonyl (C=O) groups is 1. The van der Waals surface area contributed by atoms with Crippen LogP contribution in [0.3, 0.4) is 0 Å². The van der Waals surface area contributed by atoms with Crippen molar-refractivity contribution in [2.75, 3.05) is 5.73 Å². The van der Waals surface area contributed by atoms with Crippen LogP contribution < -0.4 is 5.73 Å². The van der Waals surface area contributed by atoms with E-state index < -0.39 is 5.97 Å². The fourth-order valence-corrected chi connectivity index (χ4v) is 1.90. The molecule has 0 aromatic heterocycles. The lowest BCUT2D eigenvalue weighted by atomic mass is 9.98. The first-order valence-corrected chi connectivity index (χ1v) is 5.03. The van der Waals surface area contributed by atoms with Gasteiger partial charge in [0.25, 0.3) is 0 Å². The molecule has 0 bridgehead atoms. The minimum Gasteiger partial charge on any atom is -0.478 e. The number of carboxylic acids is 1. The van der Waals surface area contributed by atoms with E-state index in [4.69, 9.17) is 10.8 Å². The van der Waals surface area contributed by atoms with Crippen LogP contribution in [0.25, 0.3) is 10.8 Å². The van der Waals surface area contributed by atoms with E-state index in [-0.39, 0.29) is 5.56 Å². The third-order valence-corrected chi connectivity index (χ3v) is 2.84. The zero-order valence-corrected chi connectivity index (χ0v) is 9.24. The van der Waals surface area contributed by atoms with Crippen molar-refractivity contribution in [3.8, 4) is 0 Å². The highest BCUT2D eigenvalue weighted by molar-refractivity contribution is 6.02. The van der Waals surface area contributed by atoms with Crippen molar-refractivity contribution in [2.24, 2.45) is 0 Å². The number of hydrogen-bond acceptors (Lipinski definition) is 2. The van der Waals surface area contributed by atoms with Gasteiger partial charge in [-0.05, 0) is 36.2 Å². The van der Waals surface area contributed by atoms with Crippen molar-refractivity contribution < 1.29 is 9.90 Å². The minimum atomic E-state index is -0.982. The van der Waals surface area contributed by atoms with E-state index in [2.05, 4.69) is 0 Å². The largest absolute Gasteiger partial charge is 0.478 e. The molecule has 0 saturated heterocycles. The Morgan fingerprint density at radius 1 is 1.25 bits per heavy atom. The molecule has 82 valence electrons. The van der Waals surface area contributed by atoms with Gasteiger partial charge >= 0.3 is 5.97 Å². The molecule has 3 N–H and O–H groups in total. The molecule has 0 atom stereocenters. The summed E-state index contributed by atoms with van der Waals surface area (Å²) < 4.78 is 0. The van der Waals surface area contributed by atoms with E-state index in [0.29, 0.717) is 5.69 Å². The standard InChI is InChI=1S/C13H13NO2/c1-7-3-4-10-8(2)12(14)11(13(15)16)6-9(10)5-7/h3-6H,14H2,1-2H3,(H,15,16). The Balaban J connectivity index is 2.88. The highest BCUT2D eigenvalue weighted by atomic mass is 16.4. The molecule has 0 unspecified atom stereocenters. The van der Waals surface area contributed by atoms with Crippen LogP contribution in [0.15, 0.2) is 24.3 Å². The van der Waals surface area contributed by atoms with Crippen molar-refractivity contribution in [3.63, 3.8) is 0 Å². The fraction of sp³-hybridized carbons (Fsp3) is 0.154. The number of carboxylic acid groups (broad SMARTS) is 1. The molecule has 0 spiro atoms. The van der Waals surface area contributed by atoms with Crippen molar-refractivity contribution in [1.29, 1.82) is 0 Å². The Hall–Kier alpha value is -2.03. The van der Waals surface area contributed by atoms with Gasteiger partial charge < -0.3 is 10.8 Å². The zero-order chi connectivity index (χ0) is 11.9. The average Bonchev–Trinajstić information content (AvgIpc) is 2.22. The summed E-state index contributed by atoms with van der Waals surface area (Å²) in [6.07, 6.45) is 0. The maximum absolute atomic E-state index is 11.0. The van der Waals surface area contributed by atoms with Gasteiger partial charge in [-0.3, -0.25) is 0 Å². The van der Waals surface area contributed by atoms with Crippen LogP contribution in [-0.4, -0.2) is 11.1 Å². The Morgan fingerprint density at radius 3 is 2.56 bits per heavy atom.